The Kier molecular flexibility index (Phi) is 4.86. The highest BCUT2D eigenvalue weighted by atomic mass is 15.3. The fourth-order valence-corrected chi connectivity index (χ4v) is 2.84. The molecule has 0 radical (unpaired) electrons. The maximum Gasteiger partial charge on any atom is 0.0625 e. The van der Waals surface area contributed by atoms with Gasteiger partial charge in [-0.2, -0.15) is 5.10 Å². The first-order valence-corrected chi connectivity index (χ1v) is 7.87. The first-order valence-electron chi connectivity index (χ1n) is 7.87. The van der Waals surface area contributed by atoms with Crippen molar-refractivity contribution >= 4 is 0 Å². The molecule has 1 aliphatic heterocycles. The van der Waals surface area contributed by atoms with Gasteiger partial charge in [-0.1, -0.05) is 27.7 Å². The Morgan fingerprint density at radius 2 is 2.15 bits per heavy atom. The summed E-state index contributed by atoms with van der Waals surface area (Å²) in [6.45, 7) is 13.6. The number of nitrogens with one attached hydrogen (secondary N) is 1. The largest absolute Gasteiger partial charge is 0.312 e. The highest BCUT2D eigenvalue weighted by molar-refractivity contribution is 5.10. The molecule has 1 N–H and O–H groups in total. The zero-order valence-electron chi connectivity index (χ0n) is 13.7. The summed E-state index contributed by atoms with van der Waals surface area (Å²) in [5.74, 6) is 0. The summed E-state index contributed by atoms with van der Waals surface area (Å²) in [5.41, 5.74) is 2.84. The Bertz CT molecular complexity index is 430. The zero-order valence-corrected chi connectivity index (χ0v) is 13.7. The highest BCUT2D eigenvalue weighted by Crippen LogP contribution is 2.22. The standard InChI is InChI=1S/C16H30N4/c1-6-13-10-14(19(5)18-13)11-20-9-7-8-17-15(12-20)16(2,3)4/h10,15,17H,6-9,11-12H2,1-5H3. The molecule has 0 saturated carbocycles. The molecule has 1 unspecified atom stereocenters. The number of aryl methyl sites for hydroxylation is 2. The van der Waals surface area contributed by atoms with Crippen LogP contribution in [0.1, 0.15) is 45.5 Å². The Hall–Kier alpha value is -0.870. The van der Waals surface area contributed by atoms with Crippen LogP contribution in [0.25, 0.3) is 0 Å². The predicted molar refractivity (Wildman–Crippen MR) is 83.7 cm³/mol. The maximum atomic E-state index is 4.56. The monoisotopic (exact) mass is 278 g/mol. The van der Waals surface area contributed by atoms with Gasteiger partial charge in [-0.3, -0.25) is 9.58 Å². The van der Waals surface area contributed by atoms with Crippen molar-refractivity contribution in [1.29, 1.82) is 0 Å². The molecule has 114 valence electrons. The predicted octanol–water partition coefficient (Wildman–Crippen LogP) is 2.19. The van der Waals surface area contributed by atoms with E-state index in [4.69, 9.17) is 0 Å². The van der Waals surface area contributed by atoms with Gasteiger partial charge in [-0.15, -0.1) is 0 Å². The summed E-state index contributed by atoms with van der Waals surface area (Å²) in [7, 11) is 2.06. The van der Waals surface area contributed by atoms with E-state index in [9.17, 15) is 0 Å². The fourth-order valence-electron chi connectivity index (χ4n) is 2.84. The molecule has 0 bridgehead atoms. The van der Waals surface area contributed by atoms with Crippen LogP contribution in [0.2, 0.25) is 0 Å². The minimum absolute atomic E-state index is 0.309. The molecule has 0 aliphatic carbocycles. The second kappa shape index (κ2) is 6.27. The lowest BCUT2D eigenvalue weighted by molar-refractivity contribution is 0.189. The Morgan fingerprint density at radius 1 is 1.40 bits per heavy atom. The number of nitrogens with zero attached hydrogens (tertiary/aromatic N) is 3. The lowest BCUT2D eigenvalue weighted by Gasteiger charge is -2.33. The summed E-state index contributed by atoms with van der Waals surface area (Å²) in [4.78, 5) is 2.58. The molecule has 2 heterocycles. The van der Waals surface area contributed by atoms with Crippen molar-refractivity contribution in [3.05, 3.63) is 17.5 Å². The van der Waals surface area contributed by atoms with Gasteiger partial charge in [0.1, 0.15) is 0 Å². The van der Waals surface area contributed by atoms with Crippen molar-refractivity contribution in [1.82, 2.24) is 20.0 Å². The van der Waals surface area contributed by atoms with Gasteiger partial charge < -0.3 is 5.32 Å². The first-order chi connectivity index (χ1) is 9.40. The number of hydrogen-bond acceptors (Lipinski definition) is 3. The molecule has 0 amide bonds. The van der Waals surface area contributed by atoms with E-state index in [2.05, 4.69) is 56.1 Å². The van der Waals surface area contributed by atoms with Gasteiger partial charge in [0.2, 0.25) is 0 Å². The van der Waals surface area contributed by atoms with Crippen molar-refractivity contribution in [3.8, 4) is 0 Å². The highest BCUT2D eigenvalue weighted by Gasteiger charge is 2.28. The lowest BCUT2D eigenvalue weighted by atomic mass is 9.86. The third kappa shape index (κ3) is 3.83. The van der Waals surface area contributed by atoms with Gasteiger partial charge in [0.25, 0.3) is 0 Å². The van der Waals surface area contributed by atoms with Crippen LogP contribution in [0.15, 0.2) is 6.07 Å². The van der Waals surface area contributed by atoms with E-state index >= 15 is 0 Å². The normalized spacial score (nSPS) is 21.9. The minimum atomic E-state index is 0.309. The maximum absolute atomic E-state index is 4.56. The van der Waals surface area contributed by atoms with E-state index in [0.717, 1.165) is 26.1 Å². The van der Waals surface area contributed by atoms with Gasteiger partial charge in [-0.05, 0) is 37.4 Å². The Balaban J connectivity index is 2.05. The topological polar surface area (TPSA) is 33.1 Å². The molecule has 1 aromatic rings. The number of hydrogen-bond donors (Lipinski definition) is 1. The second-order valence-corrected chi connectivity index (χ2v) is 7.07. The molecule has 20 heavy (non-hydrogen) atoms. The molecular weight excluding hydrogens is 248 g/mol. The molecule has 4 heteroatoms. The van der Waals surface area contributed by atoms with Crippen molar-refractivity contribution in [2.45, 2.75) is 53.1 Å². The molecule has 2 rings (SSSR count). The average Bonchev–Trinajstić information content (AvgIpc) is 2.59. The first kappa shape index (κ1) is 15.5. The molecular formula is C16H30N4. The fraction of sp³-hybridized carbons (Fsp3) is 0.812. The van der Waals surface area contributed by atoms with Crippen LogP contribution in [0, 0.1) is 5.41 Å². The third-order valence-electron chi connectivity index (χ3n) is 4.30. The van der Waals surface area contributed by atoms with Crippen LogP contribution in [-0.2, 0) is 20.0 Å². The molecule has 0 aromatic carbocycles. The molecule has 1 atom stereocenters. The molecule has 1 aliphatic rings. The average molecular weight is 278 g/mol. The lowest BCUT2D eigenvalue weighted by Crippen LogP contribution is -2.46. The molecule has 1 aromatic heterocycles. The molecule has 4 nitrogen and oxygen atoms in total. The summed E-state index contributed by atoms with van der Waals surface area (Å²) in [6, 6.07) is 2.81. The van der Waals surface area contributed by atoms with Crippen molar-refractivity contribution in [3.63, 3.8) is 0 Å². The summed E-state index contributed by atoms with van der Waals surface area (Å²) in [6.07, 6.45) is 2.24. The number of aromatic nitrogens is 2. The molecule has 1 fully saturated rings. The van der Waals surface area contributed by atoms with Crippen LogP contribution in [0.3, 0.4) is 0 Å². The Morgan fingerprint density at radius 3 is 2.75 bits per heavy atom. The number of rotatable bonds is 3. The van der Waals surface area contributed by atoms with Crippen molar-refractivity contribution in [2.24, 2.45) is 12.5 Å². The second-order valence-electron chi connectivity index (χ2n) is 7.07. The van der Waals surface area contributed by atoms with Gasteiger partial charge in [0.15, 0.2) is 0 Å². The van der Waals surface area contributed by atoms with Gasteiger partial charge in [0, 0.05) is 26.2 Å². The zero-order chi connectivity index (χ0) is 14.8. The molecule has 1 saturated heterocycles. The van der Waals surface area contributed by atoms with E-state index in [1.54, 1.807) is 0 Å². The van der Waals surface area contributed by atoms with Crippen LogP contribution in [0.4, 0.5) is 0 Å². The minimum Gasteiger partial charge on any atom is -0.312 e. The van der Waals surface area contributed by atoms with Crippen molar-refractivity contribution in [2.75, 3.05) is 19.6 Å². The third-order valence-corrected chi connectivity index (χ3v) is 4.30. The SMILES string of the molecule is CCc1cc(CN2CCCNC(C(C)(C)C)C2)n(C)n1. The van der Waals surface area contributed by atoms with Gasteiger partial charge in [-0.25, -0.2) is 0 Å². The van der Waals surface area contributed by atoms with E-state index in [1.165, 1.54) is 24.4 Å². The van der Waals surface area contributed by atoms with Crippen LogP contribution in [0.5, 0.6) is 0 Å². The quantitative estimate of drug-likeness (QED) is 0.920. The van der Waals surface area contributed by atoms with Crippen molar-refractivity contribution < 1.29 is 0 Å². The Labute approximate surface area is 123 Å². The summed E-state index contributed by atoms with van der Waals surface area (Å²) < 4.78 is 2.04. The van der Waals surface area contributed by atoms with Crippen LogP contribution < -0.4 is 5.32 Å². The van der Waals surface area contributed by atoms with E-state index in [1.807, 2.05) is 4.68 Å². The van der Waals surface area contributed by atoms with E-state index < -0.39 is 0 Å². The van der Waals surface area contributed by atoms with Crippen LogP contribution in [-0.4, -0.2) is 40.4 Å². The summed E-state index contributed by atoms with van der Waals surface area (Å²) >= 11 is 0. The van der Waals surface area contributed by atoms with Gasteiger partial charge in [0.05, 0.1) is 11.4 Å². The van der Waals surface area contributed by atoms with E-state index in [-0.39, 0.29) is 0 Å². The molecule has 0 spiro atoms. The summed E-state index contributed by atoms with van der Waals surface area (Å²) in [5, 5.41) is 8.26. The van der Waals surface area contributed by atoms with Gasteiger partial charge >= 0.3 is 0 Å². The van der Waals surface area contributed by atoms with E-state index in [0.29, 0.717) is 11.5 Å². The van der Waals surface area contributed by atoms with Crippen LogP contribution >= 0.6 is 0 Å². The smallest absolute Gasteiger partial charge is 0.0625 e.